The van der Waals surface area contributed by atoms with Crippen LogP contribution in [-0.4, -0.2) is 23.3 Å². The molecule has 2 N–H and O–H groups in total. The molecule has 5 nitrogen and oxygen atoms in total. The molecule has 1 aromatic heterocycles. The van der Waals surface area contributed by atoms with Crippen LogP contribution in [0.25, 0.3) is 0 Å². The van der Waals surface area contributed by atoms with Crippen molar-refractivity contribution in [3.8, 4) is 0 Å². The monoisotopic (exact) mass is 252 g/mol. The van der Waals surface area contributed by atoms with Crippen molar-refractivity contribution < 1.29 is 4.42 Å². The molecule has 102 valence electrons. The van der Waals surface area contributed by atoms with E-state index in [0.29, 0.717) is 18.5 Å². The number of nitrogens with one attached hydrogen (secondary N) is 2. The maximum absolute atomic E-state index is 5.52. The van der Waals surface area contributed by atoms with Crippen LogP contribution in [0, 0.1) is 11.8 Å². The van der Waals surface area contributed by atoms with Gasteiger partial charge in [-0.1, -0.05) is 38.2 Å². The molecule has 1 aliphatic carbocycles. The van der Waals surface area contributed by atoms with Crippen LogP contribution >= 0.6 is 0 Å². The van der Waals surface area contributed by atoms with Crippen molar-refractivity contribution in [2.24, 2.45) is 11.8 Å². The average Bonchev–Trinajstić information content (AvgIpc) is 2.83. The van der Waals surface area contributed by atoms with Crippen LogP contribution in [-0.2, 0) is 6.54 Å². The zero-order valence-corrected chi connectivity index (χ0v) is 11.4. The van der Waals surface area contributed by atoms with E-state index < -0.39 is 0 Å². The minimum Gasteiger partial charge on any atom is -0.407 e. The molecule has 2 rings (SSSR count). The third-order valence-corrected chi connectivity index (χ3v) is 3.80. The average molecular weight is 252 g/mol. The molecule has 1 aromatic rings. The van der Waals surface area contributed by atoms with Gasteiger partial charge in [0.05, 0.1) is 6.54 Å². The topological polar surface area (TPSA) is 63.0 Å². The Labute approximate surface area is 109 Å². The van der Waals surface area contributed by atoms with Gasteiger partial charge in [0.15, 0.2) is 0 Å². The fraction of sp³-hybridized carbons (Fsp3) is 0.846. The fourth-order valence-electron chi connectivity index (χ4n) is 2.54. The third kappa shape index (κ3) is 3.70. The van der Waals surface area contributed by atoms with Crippen LogP contribution in [0.4, 0.5) is 6.01 Å². The largest absolute Gasteiger partial charge is 0.407 e. The summed E-state index contributed by atoms with van der Waals surface area (Å²) in [6.45, 7) is 6.90. The van der Waals surface area contributed by atoms with Crippen LogP contribution in [0.1, 0.15) is 45.4 Å². The Morgan fingerprint density at radius 2 is 2.11 bits per heavy atom. The van der Waals surface area contributed by atoms with Crippen molar-refractivity contribution >= 4 is 6.01 Å². The molecule has 0 radical (unpaired) electrons. The Morgan fingerprint density at radius 1 is 1.28 bits per heavy atom. The Balaban J connectivity index is 1.77. The summed E-state index contributed by atoms with van der Waals surface area (Å²) in [4.78, 5) is 0. The van der Waals surface area contributed by atoms with Gasteiger partial charge in [-0.3, -0.25) is 0 Å². The van der Waals surface area contributed by atoms with Crippen molar-refractivity contribution in [3.05, 3.63) is 5.89 Å². The van der Waals surface area contributed by atoms with Crippen molar-refractivity contribution in [2.45, 2.75) is 46.1 Å². The van der Waals surface area contributed by atoms with Gasteiger partial charge in [-0.05, 0) is 24.8 Å². The second kappa shape index (κ2) is 6.73. The van der Waals surface area contributed by atoms with Crippen LogP contribution in [0.15, 0.2) is 4.42 Å². The molecule has 0 amide bonds. The molecule has 2 unspecified atom stereocenters. The molecular weight excluding hydrogens is 228 g/mol. The van der Waals surface area contributed by atoms with Gasteiger partial charge in [-0.25, -0.2) is 0 Å². The molecule has 1 saturated carbocycles. The summed E-state index contributed by atoms with van der Waals surface area (Å²) in [5, 5.41) is 14.4. The summed E-state index contributed by atoms with van der Waals surface area (Å²) >= 11 is 0. The number of anilines is 1. The number of aromatic nitrogens is 2. The highest BCUT2D eigenvalue weighted by molar-refractivity contribution is 5.17. The zero-order chi connectivity index (χ0) is 12.8. The minimum absolute atomic E-state index is 0.556. The molecule has 0 saturated heterocycles. The normalized spacial score (nSPS) is 24.1. The summed E-state index contributed by atoms with van der Waals surface area (Å²) in [6, 6.07) is 0.556. The molecule has 2 atom stereocenters. The minimum atomic E-state index is 0.556. The van der Waals surface area contributed by atoms with E-state index in [2.05, 4.69) is 34.7 Å². The van der Waals surface area contributed by atoms with Crippen LogP contribution in [0.3, 0.4) is 0 Å². The summed E-state index contributed by atoms with van der Waals surface area (Å²) < 4.78 is 5.52. The van der Waals surface area contributed by atoms with Crippen molar-refractivity contribution in [2.75, 3.05) is 18.4 Å². The van der Waals surface area contributed by atoms with Crippen molar-refractivity contribution in [3.63, 3.8) is 0 Å². The van der Waals surface area contributed by atoms with Crippen LogP contribution in [0.2, 0.25) is 0 Å². The molecule has 0 spiro atoms. The predicted octanol–water partition coefficient (Wildman–Crippen LogP) is 2.42. The number of hydrogen-bond donors (Lipinski definition) is 2. The Bertz CT molecular complexity index is 353. The Hall–Kier alpha value is -1.10. The van der Waals surface area contributed by atoms with E-state index in [1.54, 1.807) is 0 Å². The highest BCUT2D eigenvalue weighted by Gasteiger charge is 2.21. The molecule has 0 aliphatic heterocycles. The van der Waals surface area contributed by atoms with Gasteiger partial charge in [0.1, 0.15) is 0 Å². The van der Waals surface area contributed by atoms with Gasteiger partial charge in [0.2, 0.25) is 5.89 Å². The van der Waals surface area contributed by atoms with E-state index in [4.69, 9.17) is 4.42 Å². The molecule has 0 aromatic carbocycles. The first-order valence-electron chi connectivity index (χ1n) is 7.06. The molecule has 1 heterocycles. The van der Waals surface area contributed by atoms with Crippen LogP contribution < -0.4 is 10.6 Å². The van der Waals surface area contributed by atoms with Gasteiger partial charge in [-0.2, -0.15) is 0 Å². The zero-order valence-electron chi connectivity index (χ0n) is 11.4. The molecule has 1 fully saturated rings. The number of nitrogens with zero attached hydrogens (tertiary/aromatic N) is 2. The van der Waals surface area contributed by atoms with Gasteiger partial charge in [0.25, 0.3) is 0 Å². The molecular formula is C13H24N4O. The number of hydrogen-bond acceptors (Lipinski definition) is 5. The summed E-state index contributed by atoms with van der Waals surface area (Å²) in [5.41, 5.74) is 0. The highest BCUT2D eigenvalue weighted by atomic mass is 16.4. The van der Waals surface area contributed by atoms with Gasteiger partial charge < -0.3 is 15.1 Å². The molecule has 1 aliphatic rings. The quantitative estimate of drug-likeness (QED) is 0.814. The Kier molecular flexibility index (Phi) is 4.99. The first-order chi connectivity index (χ1) is 8.79. The summed E-state index contributed by atoms with van der Waals surface area (Å²) in [7, 11) is 0. The summed E-state index contributed by atoms with van der Waals surface area (Å²) in [5.74, 6) is 2.19. The fourth-order valence-corrected chi connectivity index (χ4v) is 2.54. The third-order valence-electron chi connectivity index (χ3n) is 3.80. The van der Waals surface area contributed by atoms with E-state index in [0.717, 1.165) is 24.9 Å². The van der Waals surface area contributed by atoms with Crippen molar-refractivity contribution in [1.29, 1.82) is 0 Å². The van der Waals surface area contributed by atoms with E-state index in [9.17, 15) is 0 Å². The van der Waals surface area contributed by atoms with Gasteiger partial charge in [-0.15, -0.1) is 5.10 Å². The molecule has 5 heteroatoms. The highest BCUT2D eigenvalue weighted by Crippen LogP contribution is 2.29. The van der Waals surface area contributed by atoms with E-state index in [1.165, 1.54) is 25.7 Å². The second-order valence-electron chi connectivity index (χ2n) is 5.18. The van der Waals surface area contributed by atoms with Crippen LogP contribution in [0.5, 0.6) is 0 Å². The first kappa shape index (κ1) is 13.3. The maximum atomic E-state index is 5.52. The van der Waals surface area contributed by atoms with E-state index in [-0.39, 0.29) is 0 Å². The lowest BCUT2D eigenvalue weighted by atomic mass is 9.80. The number of rotatable bonds is 6. The predicted molar refractivity (Wildman–Crippen MR) is 71.3 cm³/mol. The van der Waals surface area contributed by atoms with Gasteiger partial charge >= 0.3 is 6.01 Å². The lowest BCUT2D eigenvalue weighted by molar-refractivity contribution is 0.267. The Morgan fingerprint density at radius 3 is 2.89 bits per heavy atom. The smallest absolute Gasteiger partial charge is 0.315 e. The second-order valence-corrected chi connectivity index (χ2v) is 5.18. The van der Waals surface area contributed by atoms with Crippen molar-refractivity contribution in [1.82, 2.24) is 15.5 Å². The molecule has 18 heavy (non-hydrogen) atoms. The first-order valence-corrected chi connectivity index (χ1v) is 7.06. The SMILES string of the molecule is CCNCc1nnc(NCC2CCCCC2C)o1. The standard InChI is InChI=1S/C13H24N4O/c1-3-14-9-12-16-17-13(18-12)15-8-11-7-5-4-6-10(11)2/h10-11,14H,3-9H2,1-2H3,(H,15,17). The lowest BCUT2D eigenvalue weighted by Crippen LogP contribution is -2.24. The lowest BCUT2D eigenvalue weighted by Gasteiger charge is -2.28. The summed E-state index contributed by atoms with van der Waals surface area (Å²) in [6.07, 6.45) is 5.39. The van der Waals surface area contributed by atoms with E-state index >= 15 is 0 Å². The van der Waals surface area contributed by atoms with Gasteiger partial charge in [0, 0.05) is 6.54 Å². The molecule has 0 bridgehead atoms. The maximum Gasteiger partial charge on any atom is 0.315 e. The van der Waals surface area contributed by atoms with E-state index in [1.807, 2.05) is 0 Å².